The van der Waals surface area contributed by atoms with Gasteiger partial charge in [-0.25, -0.2) is 28.4 Å². The first-order valence-corrected chi connectivity index (χ1v) is 13.9. The van der Waals surface area contributed by atoms with Crippen LogP contribution in [0.15, 0.2) is 30.9 Å². The van der Waals surface area contributed by atoms with Crippen LogP contribution in [0.2, 0.25) is 0 Å². The van der Waals surface area contributed by atoms with Gasteiger partial charge in [-0.2, -0.15) is 13.7 Å². The second kappa shape index (κ2) is 10.2. The number of pyridine rings is 2. The number of piperazine rings is 1. The lowest BCUT2D eigenvalue weighted by molar-refractivity contribution is -0.395. The molecule has 0 aromatic carbocycles. The van der Waals surface area contributed by atoms with E-state index in [1.54, 1.807) is 25.6 Å². The van der Waals surface area contributed by atoms with Crippen molar-refractivity contribution < 1.29 is 22.5 Å². The van der Waals surface area contributed by atoms with Crippen LogP contribution in [0.3, 0.4) is 0 Å². The van der Waals surface area contributed by atoms with E-state index >= 15 is 0 Å². The zero-order valence-corrected chi connectivity index (χ0v) is 22.3. The van der Waals surface area contributed by atoms with Gasteiger partial charge < -0.3 is 15.0 Å². The van der Waals surface area contributed by atoms with Gasteiger partial charge in [0.2, 0.25) is 15.8 Å². The monoisotopic (exact) mass is 542 g/mol. The van der Waals surface area contributed by atoms with Gasteiger partial charge in [-0.05, 0) is 25.5 Å². The number of methoxy groups -OCH3 is 1. The van der Waals surface area contributed by atoms with Crippen LogP contribution in [0.5, 0.6) is 5.88 Å². The smallest absolute Gasteiger partial charge is 0.402 e. The third-order valence-corrected chi connectivity index (χ3v) is 7.96. The summed E-state index contributed by atoms with van der Waals surface area (Å²) < 4.78 is 44.7. The average Bonchev–Trinajstić information content (AvgIpc) is 3.36. The number of imidazole rings is 1. The molecule has 0 aliphatic carbocycles. The van der Waals surface area contributed by atoms with Crippen LogP contribution in [-0.4, -0.2) is 82.1 Å². The average molecular weight is 543 g/mol. The number of sulfonamides is 1. The van der Waals surface area contributed by atoms with Gasteiger partial charge in [0.05, 0.1) is 19.7 Å². The molecule has 14 heteroatoms. The summed E-state index contributed by atoms with van der Waals surface area (Å²) >= 11 is 0. The fourth-order valence-corrected chi connectivity index (χ4v) is 5.41. The third kappa shape index (κ3) is 5.14. The Morgan fingerprint density at radius 2 is 1.95 bits per heavy atom. The summed E-state index contributed by atoms with van der Waals surface area (Å²) in [5, 5.41) is 3.19. The number of fused-ring (bicyclic) bond motifs is 1. The molecule has 0 radical (unpaired) electrons. The lowest BCUT2D eigenvalue weighted by Crippen LogP contribution is -2.48. The van der Waals surface area contributed by atoms with Gasteiger partial charge in [0.25, 0.3) is 0 Å². The number of H-pyrrole nitrogens is 2. The summed E-state index contributed by atoms with van der Waals surface area (Å²) in [4.78, 5) is 26.2. The molecule has 0 spiro atoms. The van der Waals surface area contributed by atoms with Gasteiger partial charge in [0, 0.05) is 50.0 Å². The second-order valence-corrected chi connectivity index (χ2v) is 11.1. The van der Waals surface area contributed by atoms with E-state index in [1.165, 1.54) is 23.7 Å². The largest absolute Gasteiger partial charge is 0.446 e. The predicted octanol–water partition coefficient (Wildman–Crippen LogP) is 2.07. The van der Waals surface area contributed by atoms with Crippen LogP contribution in [0.25, 0.3) is 22.4 Å². The minimum absolute atomic E-state index is 0.0227. The summed E-state index contributed by atoms with van der Waals surface area (Å²) in [5.74, 6) is 0.486. The first kappa shape index (κ1) is 25.9. The third-order valence-electron chi connectivity index (χ3n) is 6.66. The quantitative estimate of drug-likeness (QED) is 0.359. The summed E-state index contributed by atoms with van der Waals surface area (Å²) in [7, 11) is -1.83. The zero-order valence-electron chi connectivity index (χ0n) is 21.5. The van der Waals surface area contributed by atoms with Crippen molar-refractivity contribution in [2.45, 2.75) is 19.9 Å². The Balaban J connectivity index is 1.53. The minimum Gasteiger partial charge on any atom is -0.446 e. The number of aryl methyl sites for hydroxylation is 1. The molecule has 1 atom stereocenters. The lowest BCUT2D eigenvalue weighted by Gasteiger charge is -2.37. The molecule has 0 saturated carbocycles. The number of aromatic amines is 2. The molecule has 1 saturated heterocycles. The second-order valence-electron chi connectivity index (χ2n) is 9.15. The molecule has 5 heterocycles. The predicted molar refractivity (Wildman–Crippen MR) is 139 cm³/mol. The Kier molecular flexibility index (Phi) is 6.94. The molecule has 1 fully saturated rings. The number of aromatic nitrogens is 6. The highest BCUT2D eigenvalue weighted by molar-refractivity contribution is 7.88. The number of hydrogen-bond donors (Lipinski definition) is 2. The molecule has 1 aliphatic rings. The number of nitrogens with zero attached hydrogens (tertiary/aromatic N) is 6. The SMILES string of the molecule is COc1[nH+]cc(Nc2ncc(C(C)N3CCN(S(C)(=O)=O)CC3)cc2-c2nc(C)nc3nc[nH]c23)cc1F. The molecular weight excluding hydrogens is 513 g/mol. The van der Waals surface area contributed by atoms with Crippen molar-refractivity contribution in [2.24, 2.45) is 0 Å². The highest BCUT2D eigenvalue weighted by atomic mass is 32.2. The maximum Gasteiger partial charge on any atom is 0.402 e. The van der Waals surface area contributed by atoms with Crippen molar-refractivity contribution in [1.82, 2.24) is 34.1 Å². The number of halogens is 1. The van der Waals surface area contributed by atoms with Crippen LogP contribution >= 0.6 is 0 Å². The van der Waals surface area contributed by atoms with Gasteiger partial charge in [0.1, 0.15) is 28.5 Å². The zero-order chi connectivity index (χ0) is 27.0. The lowest BCUT2D eigenvalue weighted by atomic mass is 10.0. The van der Waals surface area contributed by atoms with Crippen LogP contribution in [0.1, 0.15) is 24.4 Å². The van der Waals surface area contributed by atoms with E-state index in [9.17, 15) is 12.8 Å². The van der Waals surface area contributed by atoms with E-state index in [0.717, 1.165) is 5.56 Å². The van der Waals surface area contributed by atoms with Crippen molar-refractivity contribution in [1.29, 1.82) is 0 Å². The Morgan fingerprint density at radius 1 is 1.18 bits per heavy atom. The van der Waals surface area contributed by atoms with E-state index in [4.69, 9.17) is 9.72 Å². The Hall–Kier alpha value is -3.75. The first-order valence-electron chi connectivity index (χ1n) is 12.0. The van der Waals surface area contributed by atoms with Crippen molar-refractivity contribution in [3.63, 3.8) is 0 Å². The molecule has 4 aromatic heterocycles. The molecule has 38 heavy (non-hydrogen) atoms. The van der Waals surface area contributed by atoms with Crippen LogP contribution in [0, 0.1) is 12.7 Å². The van der Waals surface area contributed by atoms with Crippen molar-refractivity contribution in [3.8, 4) is 17.1 Å². The fraction of sp³-hybridized carbons (Fsp3) is 0.375. The van der Waals surface area contributed by atoms with Crippen molar-refractivity contribution in [2.75, 3.05) is 44.9 Å². The van der Waals surface area contributed by atoms with Crippen LogP contribution < -0.4 is 15.0 Å². The number of anilines is 2. The number of rotatable bonds is 7. The summed E-state index contributed by atoms with van der Waals surface area (Å²) in [6, 6.07) is 3.27. The maximum atomic E-state index is 14.4. The molecule has 200 valence electrons. The minimum atomic E-state index is -3.22. The van der Waals surface area contributed by atoms with Gasteiger partial charge in [-0.3, -0.25) is 4.90 Å². The summed E-state index contributed by atoms with van der Waals surface area (Å²) in [5.41, 5.74) is 3.84. The van der Waals surface area contributed by atoms with Crippen molar-refractivity contribution >= 4 is 32.7 Å². The van der Waals surface area contributed by atoms with Crippen LogP contribution in [-0.2, 0) is 10.0 Å². The van der Waals surface area contributed by atoms with Gasteiger partial charge in [0.15, 0.2) is 11.8 Å². The normalized spacial score (nSPS) is 16.0. The molecule has 1 aliphatic heterocycles. The van der Waals surface area contributed by atoms with E-state index in [-0.39, 0.29) is 11.9 Å². The van der Waals surface area contributed by atoms with Crippen molar-refractivity contribution in [3.05, 3.63) is 48.1 Å². The molecule has 0 amide bonds. The van der Waals surface area contributed by atoms with Crippen LogP contribution in [0.4, 0.5) is 15.9 Å². The highest BCUT2D eigenvalue weighted by Crippen LogP contribution is 2.34. The molecule has 5 rings (SSSR count). The van der Waals surface area contributed by atoms with Gasteiger partial charge >= 0.3 is 5.88 Å². The van der Waals surface area contributed by atoms with E-state index in [2.05, 4.69) is 42.1 Å². The number of ether oxygens (including phenoxy) is 1. The van der Waals surface area contributed by atoms with Gasteiger partial charge in [-0.1, -0.05) is 0 Å². The highest BCUT2D eigenvalue weighted by Gasteiger charge is 2.27. The topological polar surface area (TPSA) is 143 Å². The molecule has 0 bridgehead atoms. The Bertz CT molecular complexity index is 1590. The Labute approximate surface area is 219 Å². The molecule has 3 N–H and O–H groups in total. The number of hydrogen-bond acceptors (Lipinski definition) is 9. The first-order chi connectivity index (χ1) is 18.1. The molecule has 1 unspecified atom stereocenters. The molecule has 4 aromatic rings. The van der Waals surface area contributed by atoms with E-state index in [0.29, 0.717) is 65.9 Å². The Morgan fingerprint density at radius 3 is 2.63 bits per heavy atom. The molecule has 12 nitrogen and oxygen atoms in total. The van der Waals surface area contributed by atoms with E-state index < -0.39 is 15.8 Å². The number of nitrogens with one attached hydrogen (secondary N) is 3. The summed E-state index contributed by atoms with van der Waals surface area (Å²) in [6.07, 6.45) is 6.15. The maximum absolute atomic E-state index is 14.4. The standard InChI is InChI=1S/C24H28FN9O3S/c1-14(33-5-7-34(8-6-33)38(4,35)36)16-9-18(20-21-23(29-13-28-21)31-15(2)30-20)22(26-11-16)32-17-10-19(25)24(37-3)27-12-17/h9-14H,5-8H2,1-4H3,(H,26,32)(H,28,29,30,31)/p+1. The fourth-order valence-electron chi connectivity index (χ4n) is 4.58. The molecular formula is C24H29FN9O3S+. The summed E-state index contributed by atoms with van der Waals surface area (Å²) in [6.45, 7) is 5.92. The van der Waals surface area contributed by atoms with Gasteiger partial charge in [-0.15, -0.1) is 0 Å². The van der Waals surface area contributed by atoms with E-state index in [1.807, 2.05) is 6.07 Å².